The van der Waals surface area contributed by atoms with Gasteiger partial charge >= 0.3 is 0 Å². The number of hydrogen-bond acceptors (Lipinski definition) is 2. The van der Waals surface area contributed by atoms with Gasteiger partial charge in [0, 0.05) is 18.4 Å². The smallest absolute Gasteiger partial charge is 0.163 e. The largest absolute Gasteiger partial charge is 0.294 e. The second kappa shape index (κ2) is 2.16. The number of carbonyl (C=O) groups excluding carboxylic acids is 2. The number of ketones is 2. The summed E-state index contributed by atoms with van der Waals surface area (Å²) in [6.45, 7) is 0. The van der Waals surface area contributed by atoms with Gasteiger partial charge in [0.1, 0.15) is 0 Å². The lowest BCUT2D eigenvalue weighted by Gasteiger charge is -2.03. The van der Waals surface area contributed by atoms with Crippen LogP contribution in [0.15, 0.2) is 23.3 Å². The van der Waals surface area contributed by atoms with Crippen LogP contribution in [0.5, 0.6) is 0 Å². The van der Waals surface area contributed by atoms with E-state index in [0.717, 1.165) is 17.6 Å². The third kappa shape index (κ3) is 0.946. The van der Waals surface area contributed by atoms with Crippen molar-refractivity contribution in [1.82, 2.24) is 0 Å². The lowest BCUT2D eigenvalue weighted by Crippen LogP contribution is -2.02. The Labute approximate surface area is 64.6 Å². The van der Waals surface area contributed by atoms with Crippen LogP contribution in [-0.4, -0.2) is 11.6 Å². The first-order valence-electron chi connectivity index (χ1n) is 3.74. The van der Waals surface area contributed by atoms with Crippen LogP contribution in [0, 0.1) is 0 Å². The van der Waals surface area contributed by atoms with Crippen LogP contribution in [-0.2, 0) is 9.59 Å². The Morgan fingerprint density at radius 1 is 1.18 bits per heavy atom. The molecule has 0 aromatic carbocycles. The first-order valence-corrected chi connectivity index (χ1v) is 3.74. The molecule has 0 amide bonds. The number of hydrogen-bond donors (Lipinski definition) is 0. The van der Waals surface area contributed by atoms with Crippen molar-refractivity contribution in [3.63, 3.8) is 0 Å². The molecule has 2 aliphatic carbocycles. The van der Waals surface area contributed by atoms with Crippen LogP contribution in [0.25, 0.3) is 0 Å². The van der Waals surface area contributed by atoms with Crippen LogP contribution in [0.2, 0.25) is 0 Å². The van der Waals surface area contributed by atoms with Gasteiger partial charge in [-0.3, -0.25) is 9.59 Å². The van der Waals surface area contributed by atoms with Gasteiger partial charge in [0.15, 0.2) is 11.6 Å². The number of fused-ring (bicyclic) bond motifs is 1. The van der Waals surface area contributed by atoms with Crippen LogP contribution in [0.3, 0.4) is 0 Å². The predicted molar refractivity (Wildman–Crippen MR) is 40.0 cm³/mol. The van der Waals surface area contributed by atoms with Crippen molar-refractivity contribution in [1.29, 1.82) is 0 Å². The third-order valence-corrected chi connectivity index (χ3v) is 2.11. The summed E-state index contributed by atoms with van der Waals surface area (Å²) < 4.78 is 0. The van der Waals surface area contributed by atoms with Crippen molar-refractivity contribution in [2.24, 2.45) is 0 Å². The maximum atomic E-state index is 11.1. The lowest BCUT2D eigenvalue weighted by molar-refractivity contribution is -0.114. The summed E-state index contributed by atoms with van der Waals surface area (Å²) in [4.78, 5) is 22.0. The SMILES string of the molecule is O=C1C=C2CCC(=O)C2=CC1. The molecule has 56 valence electrons. The standard InChI is InChI=1S/C9H8O2/c10-7-2-3-8-6(5-7)1-4-9(8)11/h3,5H,1-2,4H2. The van der Waals surface area contributed by atoms with Gasteiger partial charge in [-0.15, -0.1) is 0 Å². The first kappa shape index (κ1) is 6.53. The Balaban J connectivity index is 2.42. The molecule has 0 bridgehead atoms. The molecule has 2 rings (SSSR count). The summed E-state index contributed by atoms with van der Waals surface area (Å²) in [5.74, 6) is 0.321. The molecule has 0 N–H and O–H groups in total. The van der Waals surface area contributed by atoms with Gasteiger partial charge in [-0.1, -0.05) is 6.08 Å². The van der Waals surface area contributed by atoms with Crippen molar-refractivity contribution >= 4 is 11.6 Å². The van der Waals surface area contributed by atoms with Gasteiger partial charge in [-0.25, -0.2) is 0 Å². The fourth-order valence-electron chi connectivity index (χ4n) is 1.55. The Hall–Kier alpha value is -1.18. The highest BCUT2D eigenvalue weighted by molar-refractivity contribution is 6.08. The summed E-state index contributed by atoms with van der Waals surface area (Å²) >= 11 is 0. The number of Topliss-reactive ketones (excluding diaryl/α,β-unsaturated/α-hetero) is 1. The number of allylic oxidation sites excluding steroid dienone is 4. The maximum absolute atomic E-state index is 11.1. The predicted octanol–water partition coefficient (Wildman–Crippen LogP) is 1.17. The van der Waals surface area contributed by atoms with E-state index in [2.05, 4.69) is 0 Å². The Kier molecular flexibility index (Phi) is 1.28. The summed E-state index contributed by atoms with van der Waals surface area (Å²) in [7, 11) is 0. The molecular weight excluding hydrogens is 140 g/mol. The third-order valence-electron chi connectivity index (χ3n) is 2.11. The molecular formula is C9H8O2. The molecule has 0 aliphatic heterocycles. The molecule has 0 radical (unpaired) electrons. The van der Waals surface area contributed by atoms with E-state index in [0.29, 0.717) is 12.8 Å². The summed E-state index contributed by atoms with van der Waals surface area (Å²) in [6, 6.07) is 0. The minimum Gasteiger partial charge on any atom is -0.294 e. The minimum atomic E-state index is 0.124. The zero-order valence-electron chi connectivity index (χ0n) is 6.09. The molecule has 0 saturated heterocycles. The highest BCUT2D eigenvalue weighted by Gasteiger charge is 2.25. The number of rotatable bonds is 0. The molecule has 11 heavy (non-hydrogen) atoms. The second-order valence-electron chi connectivity index (χ2n) is 2.88. The maximum Gasteiger partial charge on any atom is 0.163 e. The first-order chi connectivity index (χ1) is 5.27. The molecule has 0 atom stereocenters. The van der Waals surface area contributed by atoms with E-state index in [4.69, 9.17) is 0 Å². The summed E-state index contributed by atoms with van der Waals surface area (Å²) in [5, 5.41) is 0. The van der Waals surface area contributed by atoms with E-state index in [1.165, 1.54) is 0 Å². The zero-order valence-corrected chi connectivity index (χ0v) is 6.09. The highest BCUT2D eigenvalue weighted by Crippen LogP contribution is 2.30. The fourth-order valence-corrected chi connectivity index (χ4v) is 1.55. The monoisotopic (exact) mass is 148 g/mol. The van der Waals surface area contributed by atoms with Gasteiger partial charge in [0.2, 0.25) is 0 Å². The molecule has 0 aromatic rings. The van der Waals surface area contributed by atoms with Gasteiger partial charge in [-0.05, 0) is 18.1 Å². The van der Waals surface area contributed by atoms with Gasteiger partial charge in [0.25, 0.3) is 0 Å². The van der Waals surface area contributed by atoms with Crippen LogP contribution < -0.4 is 0 Å². The molecule has 0 unspecified atom stereocenters. The molecule has 2 heteroatoms. The van der Waals surface area contributed by atoms with E-state index in [1.807, 2.05) is 0 Å². The molecule has 0 aromatic heterocycles. The molecule has 1 saturated carbocycles. The lowest BCUT2D eigenvalue weighted by atomic mass is 10.00. The van der Waals surface area contributed by atoms with E-state index >= 15 is 0 Å². The molecule has 0 spiro atoms. The Morgan fingerprint density at radius 2 is 2.00 bits per heavy atom. The summed E-state index contributed by atoms with van der Waals surface area (Å²) in [5.41, 5.74) is 1.75. The van der Waals surface area contributed by atoms with Gasteiger partial charge in [0.05, 0.1) is 0 Å². The van der Waals surface area contributed by atoms with Crippen molar-refractivity contribution in [3.8, 4) is 0 Å². The van der Waals surface area contributed by atoms with Crippen molar-refractivity contribution in [3.05, 3.63) is 23.3 Å². The zero-order chi connectivity index (χ0) is 7.84. The topological polar surface area (TPSA) is 34.1 Å². The average molecular weight is 148 g/mol. The van der Waals surface area contributed by atoms with E-state index in [1.54, 1.807) is 12.2 Å². The quantitative estimate of drug-likeness (QED) is 0.516. The normalized spacial score (nSPS) is 22.9. The molecule has 2 aliphatic rings. The van der Waals surface area contributed by atoms with Crippen LogP contribution in [0.1, 0.15) is 19.3 Å². The second-order valence-corrected chi connectivity index (χ2v) is 2.88. The molecule has 0 heterocycles. The highest BCUT2D eigenvalue weighted by atomic mass is 16.1. The van der Waals surface area contributed by atoms with E-state index in [-0.39, 0.29) is 11.6 Å². The Morgan fingerprint density at radius 3 is 2.82 bits per heavy atom. The fraction of sp³-hybridized carbons (Fsp3) is 0.333. The van der Waals surface area contributed by atoms with Crippen molar-refractivity contribution in [2.75, 3.05) is 0 Å². The van der Waals surface area contributed by atoms with Gasteiger partial charge in [-0.2, -0.15) is 0 Å². The van der Waals surface area contributed by atoms with Crippen molar-refractivity contribution in [2.45, 2.75) is 19.3 Å². The molecule has 1 fully saturated rings. The number of carbonyl (C=O) groups is 2. The van der Waals surface area contributed by atoms with Crippen LogP contribution >= 0.6 is 0 Å². The Bertz CT molecular complexity index is 295. The average Bonchev–Trinajstić information content (AvgIpc) is 2.32. The van der Waals surface area contributed by atoms with E-state index in [9.17, 15) is 9.59 Å². The minimum absolute atomic E-state index is 0.124. The van der Waals surface area contributed by atoms with Crippen LogP contribution in [0.4, 0.5) is 0 Å². The molecule has 2 nitrogen and oxygen atoms in total. The summed E-state index contributed by atoms with van der Waals surface area (Å²) in [6.07, 6.45) is 5.12. The van der Waals surface area contributed by atoms with Crippen molar-refractivity contribution < 1.29 is 9.59 Å². The van der Waals surface area contributed by atoms with Gasteiger partial charge < -0.3 is 0 Å². The van der Waals surface area contributed by atoms with E-state index < -0.39 is 0 Å².